The molecule has 0 bridgehead atoms. The maximum absolute atomic E-state index is 12.6. The Labute approximate surface area is 186 Å². The molecule has 2 heterocycles. The molecule has 1 aliphatic rings. The molecule has 1 aliphatic carbocycles. The van der Waals surface area contributed by atoms with Crippen molar-refractivity contribution in [3.8, 4) is 5.75 Å². The molecule has 0 spiro atoms. The topological polar surface area (TPSA) is 116 Å². The summed E-state index contributed by atoms with van der Waals surface area (Å²) >= 11 is 0. The summed E-state index contributed by atoms with van der Waals surface area (Å²) in [6, 6.07) is 7.72. The van der Waals surface area contributed by atoms with Crippen molar-refractivity contribution in [1.82, 2.24) is 30.4 Å². The highest BCUT2D eigenvalue weighted by Gasteiger charge is 2.32. The number of rotatable bonds is 9. The zero-order chi connectivity index (χ0) is 22.5. The molecular formula is C23H30N6O3. The third-order valence-electron chi connectivity index (χ3n) is 6.00. The van der Waals surface area contributed by atoms with E-state index in [1.165, 1.54) is 6.20 Å². The summed E-state index contributed by atoms with van der Waals surface area (Å²) in [4.78, 5) is 34.5. The summed E-state index contributed by atoms with van der Waals surface area (Å²) in [6.07, 6.45) is 5.88. The van der Waals surface area contributed by atoms with Crippen LogP contribution in [0.4, 0.5) is 0 Å². The van der Waals surface area contributed by atoms with Crippen molar-refractivity contribution < 1.29 is 9.53 Å². The van der Waals surface area contributed by atoms with Gasteiger partial charge in [-0.25, -0.2) is 4.98 Å². The number of nitrogens with zero attached hydrogens (tertiary/aromatic N) is 3. The molecule has 0 saturated heterocycles. The molecule has 1 aromatic carbocycles. The number of carbonyl (C=O) groups excluding carboxylic acids is 1. The number of nitrogens with one attached hydrogen (secondary N) is 3. The fraction of sp³-hybridized carbons (Fsp3) is 0.478. The number of para-hydroxylation sites is 1. The predicted molar refractivity (Wildman–Crippen MR) is 122 cm³/mol. The molecule has 3 aromatic rings. The summed E-state index contributed by atoms with van der Waals surface area (Å²) in [6.45, 7) is 1.27. The highest BCUT2D eigenvalue weighted by molar-refractivity contribution is 5.77. The fourth-order valence-electron chi connectivity index (χ4n) is 4.41. The van der Waals surface area contributed by atoms with Crippen molar-refractivity contribution in [1.29, 1.82) is 0 Å². The zero-order valence-electron chi connectivity index (χ0n) is 18.6. The normalized spacial score (nSPS) is 15.3. The molecule has 4 rings (SSSR count). The van der Waals surface area contributed by atoms with Crippen LogP contribution in [-0.4, -0.2) is 64.8 Å². The van der Waals surface area contributed by atoms with Crippen molar-refractivity contribution in [2.24, 2.45) is 5.92 Å². The van der Waals surface area contributed by atoms with E-state index in [0.717, 1.165) is 37.8 Å². The fourth-order valence-corrected chi connectivity index (χ4v) is 4.41. The smallest absolute Gasteiger partial charge is 0.262 e. The molecule has 3 N–H and O–H groups in total. The zero-order valence-corrected chi connectivity index (χ0v) is 18.6. The first kappa shape index (κ1) is 22.0. The van der Waals surface area contributed by atoms with E-state index < -0.39 is 0 Å². The van der Waals surface area contributed by atoms with Crippen LogP contribution in [0.2, 0.25) is 0 Å². The molecular weight excluding hydrogens is 408 g/mol. The largest absolute Gasteiger partial charge is 0.483 e. The molecule has 1 saturated carbocycles. The quantitative estimate of drug-likeness (QED) is 0.471. The number of aromatic amines is 2. The Kier molecular flexibility index (Phi) is 6.84. The number of aromatic nitrogens is 4. The third-order valence-corrected chi connectivity index (χ3v) is 6.00. The van der Waals surface area contributed by atoms with Crippen LogP contribution in [0, 0.1) is 5.92 Å². The van der Waals surface area contributed by atoms with E-state index in [0.29, 0.717) is 35.1 Å². The Bertz CT molecular complexity index is 1120. The number of benzene rings is 1. The van der Waals surface area contributed by atoms with Gasteiger partial charge in [0.2, 0.25) is 0 Å². The standard InChI is InChI=1S/C23H30N6O3/c1-29(2)12-11-24-19(30)14-32-18-10-6-5-9-16(18)20(15-7-3-4-8-15)22-26-21-17(13-25-28-21)23(31)27-22/h5-6,9-10,13,15,20H,3-4,7-8,11-12,14H2,1-2H3,(H,24,30)(H2,25,26,27,28,31). The van der Waals surface area contributed by atoms with Crippen LogP contribution in [-0.2, 0) is 4.79 Å². The van der Waals surface area contributed by atoms with E-state index in [1.54, 1.807) is 0 Å². The average molecular weight is 439 g/mol. The molecule has 1 fully saturated rings. The first-order valence-electron chi connectivity index (χ1n) is 11.1. The van der Waals surface area contributed by atoms with Gasteiger partial charge in [-0.2, -0.15) is 5.10 Å². The van der Waals surface area contributed by atoms with Crippen LogP contribution in [0.1, 0.15) is 43.0 Å². The molecule has 2 aromatic heterocycles. The van der Waals surface area contributed by atoms with Gasteiger partial charge in [0, 0.05) is 24.6 Å². The first-order valence-corrected chi connectivity index (χ1v) is 11.1. The number of likely N-dealkylation sites (N-methyl/N-ethyl adjacent to an activating group) is 1. The van der Waals surface area contributed by atoms with E-state index in [4.69, 9.17) is 9.72 Å². The number of fused-ring (bicyclic) bond motifs is 1. The molecule has 1 unspecified atom stereocenters. The van der Waals surface area contributed by atoms with Gasteiger partial charge < -0.3 is 19.9 Å². The molecule has 1 amide bonds. The molecule has 9 nitrogen and oxygen atoms in total. The van der Waals surface area contributed by atoms with Crippen LogP contribution < -0.4 is 15.6 Å². The van der Waals surface area contributed by atoms with Gasteiger partial charge in [-0.3, -0.25) is 14.7 Å². The van der Waals surface area contributed by atoms with Gasteiger partial charge in [0.05, 0.1) is 6.20 Å². The summed E-state index contributed by atoms with van der Waals surface area (Å²) in [5.41, 5.74) is 1.20. The highest BCUT2D eigenvalue weighted by Crippen LogP contribution is 2.43. The summed E-state index contributed by atoms with van der Waals surface area (Å²) in [5.74, 6) is 1.28. The van der Waals surface area contributed by atoms with Gasteiger partial charge in [-0.1, -0.05) is 31.0 Å². The van der Waals surface area contributed by atoms with Gasteiger partial charge in [0.15, 0.2) is 12.3 Å². The van der Waals surface area contributed by atoms with E-state index in [1.807, 2.05) is 43.3 Å². The lowest BCUT2D eigenvalue weighted by atomic mass is 9.83. The van der Waals surface area contributed by atoms with Crippen LogP contribution in [0.15, 0.2) is 35.3 Å². The van der Waals surface area contributed by atoms with Crippen molar-refractivity contribution in [3.63, 3.8) is 0 Å². The number of amides is 1. The van der Waals surface area contributed by atoms with Crippen molar-refractivity contribution in [2.75, 3.05) is 33.8 Å². The molecule has 170 valence electrons. The lowest BCUT2D eigenvalue weighted by Gasteiger charge is -2.25. The molecule has 1 atom stereocenters. The maximum atomic E-state index is 12.6. The third kappa shape index (κ3) is 4.99. The van der Waals surface area contributed by atoms with Crippen molar-refractivity contribution >= 4 is 16.9 Å². The second-order valence-electron chi connectivity index (χ2n) is 8.59. The average Bonchev–Trinajstić information content (AvgIpc) is 3.46. The number of hydrogen-bond acceptors (Lipinski definition) is 6. The van der Waals surface area contributed by atoms with Gasteiger partial charge >= 0.3 is 0 Å². The highest BCUT2D eigenvalue weighted by atomic mass is 16.5. The molecule has 32 heavy (non-hydrogen) atoms. The van der Waals surface area contributed by atoms with Gasteiger partial charge in [-0.05, 0) is 38.9 Å². The van der Waals surface area contributed by atoms with Gasteiger partial charge in [0.1, 0.15) is 17.0 Å². The van der Waals surface area contributed by atoms with Crippen LogP contribution in [0.3, 0.4) is 0 Å². The minimum Gasteiger partial charge on any atom is -0.483 e. The number of ether oxygens (including phenoxy) is 1. The minimum atomic E-state index is -0.208. The Balaban J connectivity index is 1.61. The lowest BCUT2D eigenvalue weighted by molar-refractivity contribution is -0.123. The lowest BCUT2D eigenvalue weighted by Crippen LogP contribution is -2.34. The van der Waals surface area contributed by atoms with Crippen LogP contribution in [0.5, 0.6) is 5.75 Å². The molecule has 0 aliphatic heterocycles. The SMILES string of the molecule is CN(C)CCNC(=O)COc1ccccc1C(c1nc2[nH]ncc2c(=O)[nH]1)C1CCCC1. The van der Waals surface area contributed by atoms with E-state index in [2.05, 4.69) is 20.5 Å². The van der Waals surface area contributed by atoms with Gasteiger partial charge in [-0.15, -0.1) is 0 Å². The Morgan fingerprint density at radius 2 is 2.06 bits per heavy atom. The number of hydrogen-bond donors (Lipinski definition) is 3. The van der Waals surface area contributed by atoms with E-state index in [-0.39, 0.29) is 24.0 Å². The monoisotopic (exact) mass is 438 g/mol. The summed E-state index contributed by atoms with van der Waals surface area (Å²) in [7, 11) is 3.92. The Hall–Kier alpha value is -3.20. The maximum Gasteiger partial charge on any atom is 0.262 e. The first-order chi connectivity index (χ1) is 15.5. The van der Waals surface area contributed by atoms with Gasteiger partial charge in [0.25, 0.3) is 11.5 Å². The van der Waals surface area contributed by atoms with Crippen LogP contribution in [0.25, 0.3) is 11.0 Å². The second kappa shape index (κ2) is 9.95. The van der Waals surface area contributed by atoms with E-state index in [9.17, 15) is 9.59 Å². The molecule has 0 radical (unpaired) electrons. The second-order valence-corrected chi connectivity index (χ2v) is 8.59. The van der Waals surface area contributed by atoms with Crippen LogP contribution >= 0.6 is 0 Å². The summed E-state index contributed by atoms with van der Waals surface area (Å²) < 4.78 is 5.96. The van der Waals surface area contributed by atoms with Crippen molar-refractivity contribution in [2.45, 2.75) is 31.6 Å². The van der Waals surface area contributed by atoms with E-state index >= 15 is 0 Å². The Morgan fingerprint density at radius 3 is 2.84 bits per heavy atom. The number of H-pyrrole nitrogens is 2. The summed E-state index contributed by atoms with van der Waals surface area (Å²) in [5, 5.41) is 10.1. The molecule has 9 heteroatoms. The predicted octanol–water partition coefficient (Wildman–Crippen LogP) is 2.02. The van der Waals surface area contributed by atoms with Crippen molar-refractivity contribution in [3.05, 3.63) is 52.2 Å². The Morgan fingerprint density at radius 1 is 1.28 bits per heavy atom. The number of carbonyl (C=O) groups is 1. The minimum absolute atomic E-state index is 0.0641.